The van der Waals surface area contributed by atoms with Gasteiger partial charge in [0.15, 0.2) is 0 Å². The second-order valence-electron chi connectivity index (χ2n) is 3.50. The van der Waals surface area contributed by atoms with E-state index < -0.39 is 0 Å². The Morgan fingerprint density at radius 1 is 1.40 bits per heavy atom. The maximum Gasteiger partial charge on any atom is 0.138 e. The van der Waals surface area contributed by atoms with Gasteiger partial charge in [-0.25, -0.2) is 0 Å². The van der Waals surface area contributed by atoms with E-state index in [1.54, 1.807) is 0 Å². The average Bonchev–Trinajstić information content (AvgIpc) is 1.80. The number of aliphatic hydroxyl groups excluding tert-OH is 1. The van der Waals surface area contributed by atoms with Gasteiger partial charge in [-0.3, -0.25) is 4.79 Å². The summed E-state index contributed by atoms with van der Waals surface area (Å²) in [7, 11) is 0. The van der Waals surface area contributed by atoms with Crippen LogP contribution in [-0.2, 0) is 4.79 Å². The first-order valence-electron chi connectivity index (χ1n) is 3.62. The first-order chi connectivity index (χ1) is 4.48. The van der Waals surface area contributed by atoms with Crippen LogP contribution in [0.4, 0.5) is 0 Å². The summed E-state index contributed by atoms with van der Waals surface area (Å²) in [6, 6.07) is 0. The van der Waals surface area contributed by atoms with E-state index in [1.807, 2.05) is 20.8 Å². The Balaban J connectivity index is 3.64. The van der Waals surface area contributed by atoms with Gasteiger partial charge in [0.2, 0.25) is 0 Å². The van der Waals surface area contributed by atoms with Crippen molar-refractivity contribution in [1.82, 2.24) is 0 Å². The molecular formula is C8H16O2. The fourth-order valence-electron chi connectivity index (χ4n) is 0.615. The molecule has 0 aliphatic carbocycles. The summed E-state index contributed by atoms with van der Waals surface area (Å²) in [5.74, 6) is 0.224. The fourth-order valence-corrected chi connectivity index (χ4v) is 0.615. The van der Waals surface area contributed by atoms with Crippen LogP contribution >= 0.6 is 0 Å². The van der Waals surface area contributed by atoms with Gasteiger partial charge in [-0.1, -0.05) is 20.8 Å². The Hall–Kier alpha value is -0.370. The van der Waals surface area contributed by atoms with Crippen LogP contribution < -0.4 is 0 Å². The molecule has 0 atom stereocenters. The predicted molar refractivity (Wildman–Crippen MR) is 40.8 cm³/mol. The van der Waals surface area contributed by atoms with E-state index in [0.29, 0.717) is 12.8 Å². The van der Waals surface area contributed by atoms with Crippen molar-refractivity contribution in [1.29, 1.82) is 0 Å². The number of aliphatic hydroxyl groups is 1. The highest BCUT2D eigenvalue weighted by atomic mass is 16.3. The van der Waals surface area contributed by atoms with Crippen LogP contribution in [0.5, 0.6) is 0 Å². The van der Waals surface area contributed by atoms with E-state index >= 15 is 0 Å². The molecule has 0 rings (SSSR count). The van der Waals surface area contributed by atoms with E-state index in [-0.39, 0.29) is 17.8 Å². The molecule has 0 radical (unpaired) electrons. The highest BCUT2D eigenvalue weighted by Gasteiger charge is 2.19. The Morgan fingerprint density at radius 2 is 1.90 bits per heavy atom. The van der Waals surface area contributed by atoms with Crippen LogP contribution in [0.2, 0.25) is 0 Å². The maximum absolute atomic E-state index is 11.1. The average molecular weight is 144 g/mol. The molecule has 2 heteroatoms. The third-order valence-corrected chi connectivity index (χ3v) is 1.40. The molecule has 0 aromatic heterocycles. The SMILES string of the molecule is CC(C)(C)C(=O)CCCO. The Morgan fingerprint density at radius 3 is 2.20 bits per heavy atom. The lowest BCUT2D eigenvalue weighted by Gasteiger charge is -2.15. The number of carbonyl (C=O) groups is 1. The molecule has 0 saturated heterocycles. The second kappa shape index (κ2) is 3.71. The quantitative estimate of drug-likeness (QED) is 0.649. The zero-order valence-electron chi connectivity index (χ0n) is 6.98. The zero-order chi connectivity index (χ0) is 8.20. The lowest BCUT2D eigenvalue weighted by molar-refractivity contribution is -0.126. The third kappa shape index (κ3) is 3.62. The number of carbonyl (C=O) groups excluding carboxylic acids is 1. The number of hydrogen-bond acceptors (Lipinski definition) is 2. The molecule has 0 aliphatic rings. The van der Waals surface area contributed by atoms with Crippen LogP contribution in [0.1, 0.15) is 33.6 Å². The summed E-state index contributed by atoms with van der Waals surface area (Å²) < 4.78 is 0. The fraction of sp³-hybridized carbons (Fsp3) is 0.875. The monoisotopic (exact) mass is 144 g/mol. The van der Waals surface area contributed by atoms with E-state index in [0.717, 1.165) is 0 Å². The molecule has 0 spiro atoms. The van der Waals surface area contributed by atoms with Crippen molar-refractivity contribution >= 4 is 5.78 Å². The van der Waals surface area contributed by atoms with Gasteiger partial charge in [-0.15, -0.1) is 0 Å². The molecule has 0 aromatic carbocycles. The predicted octanol–water partition coefficient (Wildman–Crippen LogP) is 1.37. The highest BCUT2D eigenvalue weighted by Crippen LogP contribution is 2.17. The topological polar surface area (TPSA) is 37.3 Å². The van der Waals surface area contributed by atoms with E-state index in [4.69, 9.17) is 5.11 Å². The molecule has 2 nitrogen and oxygen atoms in total. The molecule has 0 aliphatic heterocycles. The highest BCUT2D eigenvalue weighted by molar-refractivity contribution is 5.83. The summed E-state index contributed by atoms with van der Waals surface area (Å²) in [5.41, 5.74) is -0.241. The van der Waals surface area contributed by atoms with E-state index in [2.05, 4.69) is 0 Å². The van der Waals surface area contributed by atoms with Crippen molar-refractivity contribution in [2.45, 2.75) is 33.6 Å². The van der Waals surface area contributed by atoms with Crippen molar-refractivity contribution in [3.8, 4) is 0 Å². The molecular weight excluding hydrogens is 128 g/mol. The van der Waals surface area contributed by atoms with Crippen LogP contribution in [-0.4, -0.2) is 17.5 Å². The standard InChI is InChI=1S/C8H16O2/c1-8(2,3)7(10)5-4-6-9/h9H,4-6H2,1-3H3. The van der Waals surface area contributed by atoms with Crippen molar-refractivity contribution in [2.24, 2.45) is 5.41 Å². The van der Waals surface area contributed by atoms with E-state index in [9.17, 15) is 4.79 Å². The van der Waals surface area contributed by atoms with Crippen molar-refractivity contribution in [2.75, 3.05) is 6.61 Å². The smallest absolute Gasteiger partial charge is 0.138 e. The van der Waals surface area contributed by atoms with Crippen LogP contribution in [0.15, 0.2) is 0 Å². The van der Waals surface area contributed by atoms with Gasteiger partial charge in [-0.2, -0.15) is 0 Å². The molecule has 60 valence electrons. The van der Waals surface area contributed by atoms with Gasteiger partial charge >= 0.3 is 0 Å². The Labute approximate surface area is 62.2 Å². The summed E-state index contributed by atoms with van der Waals surface area (Å²) in [4.78, 5) is 11.1. The number of Topliss-reactive ketones (excluding diaryl/α,β-unsaturated/α-hetero) is 1. The molecule has 0 bridgehead atoms. The molecule has 0 amide bonds. The Kier molecular flexibility index (Phi) is 3.58. The largest absolute Gasteiger partial charge is 0.396 e. The van der Waals surface area contributed by atoms with Crippen molar-refractivity contribution < 1.29 is 9.90 Å². The first kappa shape index (κ1) is 9.63. The molecule has 0 aromatic rings. The summed E-state index contributed by atoms with van der Waals surface area (Å²) in [6.45, 7) is 5.80. The lowest BCUT2D eigenvalue weighted by Crippen LogP contribution is -2.19. The van der Waals surface area contributed by atoms with Gasteiger partial charge in [0.05, 0.1) is 0 Å². The molecule has 10 heavy (non-hydrogen) atoms. The second-order valence-corrected chi connectivity index (χ2v) is 3.50. The van der Waals surface area contributed by atoms with Gasteiger partial charge < -0.3 is 5.11 Å². The molecule has 0 heterocycles. The van der Waals surface area contributed by atoms with Crippen LogP contribution in [0.3, 0.4) is 0 Å². The summed E-state index contributed by atoms with van der Waals surface area (Å²) >= 11 is 0. The lowest BCUT2D eigenvalue weighted by atomic mass is 9.88. The molecule has 0 saturated carbocycles. The number of rotatable bonds is 3. The summed E-state index contributed by atoms with van der Waals surface area (Å²) in [6.07, 6.45) is 1.09. The summed E-state index contributed by atoms with van der Waals surface area (Å²) in [5, 5.41) is 8.43. The van der Waals surface area contributed by atoms with Crippen molar-refractivity contribution in [3.05, 3.63) is 0 Å². The van der Waals surface area contributed by atoms with Crippen LogP contribution in [0, 0.1) is 5.41 Å². The molecule has 1 N–H and O–H groups in total. The zero-order valence-corrected chi connectivity index (χ0v) is 6.98. The van der Waals surface area contributed by atoms with Crippen molar-refractivity contribution in [3.63, 3.8) is 0 Å². The minimum absolute atomic E-state index is 0.113. The van der Waals surface area contributed by atoms with Crippen LogP contribution in [0.25, 0.3) is 0 Å². The molecule has 0 fully saturated rings. The van der Waals surface area contributed by atoms with Gasteiger partial charge in [0.1, 0.15) is 5.78 Å². The normalized spacial score (nSPS) is 11.6. The minimum Gasteiger partial charge on any atom is -0.396 e. The van der Waals surface area contributed by atoms with Gasteiger partial charge in [-0.05, 0) is 6.42 Å². The van der Waals surface area contributed by atoms with Gasteiger partial charge in [0.25, 0.3) is 0 Å². The first-order valence-corrected chi connectivity index (χ1v) is 3.62. The number of ketones is 1. The maximum atomic E-state index is 11.1. The molecule has 0 unspecified atom stereocenters. The minimum atomic E-state index is -0.241. The Bertz CT molecular complexity index is 111. The number of hydrogen-bond donors (Lipinski definition) is 1. The van der Waals surface area contributed by atoms with E-state index in [1.165, 1.54) is 0 Å². The third-order valence-electron chi connectivity index (χ3n) is 1.40. The van der Waals surface area contributed by atoms with Gasteiger partial charge in [0, 0.05) is 18.4 Å².